The molecule has 0 fully saturated rings. The summed E-state index contributed by atoms with van der Waals surface area (Å²) in [4.78, 5) is 116. The lowest BCUT2D eigenvalue weighted by atomic mass is 10.0. The zero-order chi connectivity index (χ0) is 63.4. The van der Waals surface area contributed by atoms with Gasteiger partial charge in [-0.2, -0.15) is 0 Å². The Morgan fingerprint density at radius 1 is 0.300 bits per heavy atom. The van der Waals surface area contributed by atoms with Crippen LogP contribution in [-0.4, -0.2) is 18.3 Å². The molecule has 0 N–H and O–H groups in total. The Bertz CT molecular complexity index is 5270. The Morgan fingerprint density at radius 3 is 0.800 bits per heavy atom. The van der Waals surface area contributed by atoms with Crippen LogP contribution >= 0.6 is 0 Å². The van der Waals surface area contributed by atoms with Crippen molar-refractivity contribution in [2.45, 2.75) is 171 Å². The minimum atomic E-state index is -0.699. The minimum absolute atomic E-state index is 0.00164. The van der Waals surface area contributed by atoms with Gasteiger partial charge >= 0.3 is 0 Å². The number of nitrogens with zero attached hydrogens (tertiary/aromatic N) is 4. The third kappa shape index (κ3) is 11.2. The van der Waals surface area contributed by atoms with Crippen LogP contribution in [0.3, 0.4) is 0 Å². The fourth-order valence-electron chi connectivity index (χ4n) is 12.6. The van der Waals surface area contributed by atoms with E-state index < -0.39 is 44.5 Å². The predicted molar refractivity (Wildman–Crippen MR) is 347 cm³/mol. The first-order valence-corrected chi connectivity index (χ1v) is 31.8. The highest BCUT2D eigenvalue weighted by Gasteiger charge is 2.29. The van der Waals surface area contributed by atoms with Gasteiger partial charge in [-0.25, -0.2) is 0 Å². The van der Waals surface area contributed by atoms with Crippen molar-refractivity contribution < 1.29 is 35.3 Å². The van der Waals surface area contributed by atoms with Crippen molar-refractivity contribution in [1.29, 1.82) is 0 Å². The van der Waals surface area contributed by atoms with Crippen LogP contribution in [0.15, 0.2) is 135 Å². The molecule has 470 valence electrons. The Hall–Kier alpha value is -9.20. The summed E-state index contributed by atoms with van der Waals surface area (Å²) < 4.78 is 55.2. The van der Waals surface area contributed by atoms with Crippen LogP contribution in [0.25, 0.3) is 122 Å². The Morgan fingerprint density at radius 2 is 0.533 bits per heavy atom. The number of unbranched alkanes of at least 4 members (excludes halogenated alkanes) is 10. The van der Waals surface area contributed by atoms with Crippen molar-refractivity contribution in [3.63, 3.8) is 0 Å². The van der Waals surface area contributed by atoms with E-state index in [0.717, 1.165) is 86.2 Å². The van der Waals surface area contributed by atoms with Crippen LogP contribution in [0.4, 0.5) is 0 Å². The zero-order valence-electron chi connectivity index (χ0n) is 52.1. The molecule has 0 spiro atoms. The first-order valence-electron chi connectivity index (χ1n) is 31.8. The summed E-state index contributed by atoms with van der Waals surface area (Å²) in [5, 5.41) is 0.126. The molecule has 12 rings (SSSR count). The number of rotatable bonds is 25. The maximum Gasteiger partial charge on any atom is 0.264 e. The quantitative estimate of drug-likeness (QED) is 0.0482. The fraction of sp³-hybridized carbons (Fsp3) is 0.429. The SMILES string of the molecule is CCCCCCCCC(C)Cn1c(=O)c2ccoc2c2oc(-c3cc4c(=O)n(CC(C)C)c(=O)c5cc(-c6cc7c(=O)n(CC(C)CCCCCCCC)c(=O)c8cc(-c9cc%10c(=O)n(CC(C)C)c(=O)c%11ccoc%11c%10o9)oc8c7o6)oc5c4o3)cc2c1=O. The van der Waals surface area contributed by atoms with Gasteiger partial charge in [-0.3, -0.25) is 56.6 Å². The standard InChI is InChI=1S/C70H74N4O16/c1-9-11-13-15-17-19-21-39(7)35-73-64(76)42-24-26-84-56(42)58-44(68(73)80)28-50(86-58)51-29-45-59(87-51)60-46(67(79)72(66(45)78)34-38(5)6)30-53(89-60)54-32-48-62(90-54)61-47(69(81)74(70(48)82)36-40(8)22-20-18-16-14-12-10-2)31-52(88-61)49-27-43-57(85-49)55-41(23-25-83-55)63(75)71(65(43)77)33-37(3)4/h23-32,37-40H,9-22,33-36H2,1-8H3. The lowest BCUT2D eigenvalue weighted by Gasteiger charge is -2.12. The van der Waals surface area contributed by atoms with Gasteiger partial charge in [-0.15, -0.1) is 0 Å². The summed E-state index contributed by atoms with van der Waals surface area (Å²) in [5.41, 5.74) is -5.42. The largest absolute Gasteiger partial charge is 0.460 e. The zero-order valence-corrected chi connectivity index (χ0v) is 52.1. The van der Waals surface area contributed by atoms with Crippen LogP contribution < -0.4 is 44.5 Å². The van der Waals surface area contributed by atoms with Crippen molar-refractivity contribution in [3.05, 3.63) is 144 Å². The van der Waals surface area contributed by atoms with Crippen molar-refractivity contribution >= 4 is 87.8 Å². The molecule has 0 bridgehead atoms. The summed E-state index contributed by atoms with van der Waals surface area (Å²) in [6, 6.07) is 11.5. The summed E-state index contributed by atoms with van der Waals surface area (Å²) in [6.45, 7) is 16.2. The van der Waals surface area contributed by atoms with Crippen molar-refractivity contribution in [1.82, 2.24) is 18.3 Å². The number of furan rings is 8. The molecule has 20 nitrogen and oxygen atoms in total. The van der Waals surface area contributed by atoms with E-state index in [2.05, 4.69) is 13.8 Å². The van der Waals surface area contributed by atoms with Crippen molar-refractivity contribution in [2.75, 3.05) is 0 Å². The number of aromatic nitrogens is 4. The molecule has 12 aromatic rings. The van der Waals surface area contributed by atoms with Crippen LogP contribution in [0.2, 0.25) is 0 Å². The van der Waals surface area contributed by atoms with E-state index in [9.17, 15) is 33.6 Å². The lowest BCUT2D eigenvalue weighted by Crippen LogP contribution is -2.32. The third-order valence-electron chi connectivity index (χ3n) is 17.3. The molecule has 2 atom stereocenters. The Balaban J connectivity index is 1.01. The molecule has 0 radical (unpaired) electrons. The molecule has 0 saturated carbocycles. The van der Waals surface area contributed by atoms with Gasteiger partial charge in [0.2, 0.25) is 0 Å². The normalized spacial score (nSPS) is 13.0. The van der Waals surface area contributed by atoms with Crippen LogP contribution in [0.1, 0.15) is 145 Å². The molecule has 20 heteroatoms. The minimum Gasteiger partial charge on any atom is -0.460 e. The molecular formula is C70H74N4O16. The van der Waals surface area contributed by atoms with E-state index in [1.54, 1.807) is 0 Å². The van der Waals surface area contributed by atoms with Crippen LogP contribution in [0.5, 0.6) is 0 Å². The highest BCUT2D eigenvalue weighted by atomic mass is 16.4. The highest BCUT2D eigenvalue weighted by molar-refractivity contribution is 6.05. The second-order valence-corrected chi connectivity index (χ2v) is 25.4. The summed E-state index contributed by atoms with van der Waals surface area (Å²) in [5.74, 6) is -0.442. The number of hydrogen-bond acceptors (Lipinski definition) is 16. The average Bonchev–Trinajstić information content (AvgIpc) is 1.60. The maximum absolute atomic E-state index is 15.0. The van der Waals surface area contributed by atoms with E-state index in [-0.39, 0.29) is 172 Å². The van der Waals surface area contributed by atoms with Gasteiger partial charge in [0.05, 0.1) is 55.6 Å². The smallest absolute Gasteiger partial charge is 0.264 e. The van der Waals surface area contributed by atoms with Gasteiger partial charge in [0.1, 0.15) is 0 Å². The molecule has 0 saturated heterocycles. The van der Waals surface area contributed by atoms with Crippen LogP contribution in [0, 0.1) is 23.7 Å². The second-order valence-electron chi connectivity index (χ2n) is 25.4. The maximum atomic E-state index is 15.0. The molecule has 12 aromatic heterocycles. The molecule has 0 aliphatic carbocycles. The molecule has 90 heavy (non-hydrogen) atoms. The molecule has 0 aliphatic heterocycles. The fourth-order valence-corrected chi connectivity index (χ4v) is 12.6. The Kier molecular flexibility index (Phi) is 17.0. The summed E-state index contributed by atoms with van der Waals surface area (Å²) >= 11 is 0. The van der Waals surface area contributed by atoms with Crippen LogP contribution in [-0.2, 0) is 26.2 Å². The van der Waals surface area contributed by atoms with Gasteiger partial charge in [-0.05, 0) is 48.6 Å². The molecule has 2 unspecified atom stereocenters. The monoisotopic (exact) mass is 1230 g/mol. The summed E-state index contributed by atoms with van der Waals surface area (Å²) in [6.07, 6.45) is 17.3. The van der Waals surface area contributed by atoms with E-state index in [4.69, 9.17) is 35.3 Å². The first kappa shape index (κ1) is 61.1. The van der Waals surface area contributed by atoms with E-state index in [1.165, 1.54) is 83.0 Å². The Labute approximate surface area is 512 Å². The lowest BCUT2D eigenvalue weighted by molar-refractivity contribution is 0.416. The molecule has 0 aromatic carbocycles. The van der Waals surface area contributed by atoms with Gasteiger partial charge in [0, 0.05) is 62.6 Å². The number of fused-ring (bicyclic) bond motifs is 12. The van der Waals surface area contributed by atoms with E-state index >= 15 is 4.79 Å². The third-order valence-corrected chi connectivity index (χ3v) is 17.3. The molecule has 12 heterocycles. The topological polar surface area (TPSA) is 261 Å². The van der Waals surface area contributed by atoms with Crippen molar-refractivity contribution in [2.24, 2.45) is 23.7 Å². The van der Waals surface area contributed by atoms with Crippen molar-refractivity contribution in [3.8, 4) is 34.6 Å². The second kappa shape index (κ2) is 25.0. The van der Waals surface area contributed by atoms with E-state index in [0.29, 0.717) is 0 Å². The molecule has 0 aliphatic rings. The molecular weight excluding hydrogens is 1150 g/mol. The molecule has 0 amide bonds. The van der Waals surface area contributed by atoms with Gasteiger partial charge in [0.15, 0.2) is 79.2 Å². The average molecular weight is 1230 g/mol. The highest BCUT2D eigenvalue weighted by Crippen LogP contribution is 2.40. The first-order chi connectivity index (χ1) is 43.3. The predicted octanol–water partition coefficient (Wildman–Crippen LogP) is 14.8. The van der Waals surface area contributed by atoms with E-state index in [1.807, 2.05) is 41.5 Å². The summed E-state index contributed by atoms with van der Waals surface area (Å²) in [7, 11) is 0. The van der Waals surface area contributed by atoms with Gasteiger partial charge < -0.3 is 35.3 Å². The van der Waals surface area contributed by atoms with Gasteiger partial charge in [-0.1, -0.05) is 132 Å². The number of hydrogen-bond donors (Lipinski definition) is 0. The van der Waals surface area contributed by atoms with Gasteiger partial charge in [0.25, 0.3) is 44.5 Å².